The van der Waals surface area contributed by atoms with Crippen LogP contribution in [-0.4, -0.2) is 16.7 Å². The number of nitrogen functional groups attached to an aromatic ring is 1. The van der Waals surface area contributed by atoms with Crippen LogP contribution in [0.25, 0.3) is 11.0 Å². The van der Waals surface area contributed by atoms with Gasteiger partial charge in [-0.2, -0.15) is 0 Å². The van der Waals surface area contributed by atoms with Gasteiger partial charge in [-0.15, -0.1) is 0 Å². The molecule has 4 heteroatoms. The molecule has 4 nitrogen and oxygen atoms in total. The average Bonchev–Trinajstić information content (AvgIpc) is 2.64. The van der Waals surface area contributed by atoms with Gasteiger partial charge in [-0.1, -0.05) is 27.7 Å². The van der Waals surface area contributed by atoms with Gasteiger partial charge in [0.1, 0.15) is 5.75 Å². The van der Waals surface area contributed by atoms with Crippen LogP contribution in [0, 0.1) is 11.3 Å². The molecule has 19 heavy (non-hydrogen) atoms. The molecule has 1 aromatic carbocycles. The second-order valence-corrected chi connectivity index (χ2v) is 6.05. The number of nitrogens with zero attached hydrogens (tertiary/aromatic N) is 2. The zero-order valence-electron chi connectivity index (χ0n) is 12.4. The number of benzene rings is 1. The molecule has 0 aliphatic rings. The van der Waals surface area contributed by atoms with Crippen LogP contribution in [0.15, 0.2) is 18.2 Å². The number of ether oxygens (including phenoxy) is 1. The summed E-state index contributed by atoms with van der Waals surface area (Å²) in [4.78, 5) is 4.43. The van der Waals surface area contributed by atoms with Crippen molar-refractivity contribution in [1.82, 2.24) is 9.55 Å². The maximum absolute atomic E-state index is 6.06. The van der Waals surface area contributed by atoms with Crippen LogP contribution < -0.4 is 10.5 Å². The second kappa shape index (κ2) is 4.76. The Balaban J connectivity index is 2.46. The molecular weight excluding hydrogens is 238 g/mol. The topological polar surface area (TPSA) is 53.1 Å². The molecule has 0 atom stereocenters. The number of methoxy groups -OCH3 is 1. The lowest BCUT2D eigenvalue weighted by Gasteiger charge is -2.30. The maximum atomic E-state index is 6.06. The molecule has 0 spiro atoms. The molecule has 1 heterocycles. The van der Waals surface area contributed by atoms with Crippen molar-refractivity contribution in [3.63, 3.8) is 0 Å². The van der Waals surface area contributed by atoms with Crippen molar-refractivity contribution in [3.05, 3.63) is 18.2 Å². The summed E-state index contributed by atoms with van der Waals surface area (Å²) in [5.74, 6) is 1.94. The molecule has 0 saturated heterocycles. The molecule has 0 radical (unpaired) electrons. The Labute approximate surface area is 114 Å². The summed E-state index contributed by atoms with van der Waals surface area (Å²) < 4.78 is 7.31. The van der Waals surface area contributed by atoms with Gasteiger partial charge in [0.2, 0.25) is 5.95 Å². The Kier molecular flexibility index (Phi) is 3.43. The molecule has 0 unspecified atom stereocenters. The fraction of sp³-hybridized carbons (Fsp3) is 0.533. The van der Waals surface area contributed by atoms with Gasteiger partial charge in [-0.25, -0.2) is 4.98 Å². The van der Waals surface area contributed by atoms with Gasteiger partial charge < -0.3 is 15.0 Å². The fourth-order valence-corrected chi connectivity index (χ4v) is 2.01. The zero-order valence-corrected chi connectivity index (χ0v) is 12.4. The van der Waals surface area contributed by atoms with Crippen molar-refractivity contribution < 1.29 is 4.74 Å². The molecule has 0 saturated carbocycles. The van der Waals surface area contributed by atoms with Gasteiger partial charge in [0.15, 0.2) is 0 Å². The SMILES string of the molecule is COc1ccc2c(c1)nc(N)n2CC(C)(C)C(C)C. The molecule has 2 N–H and O–H groups in total. The fourth-order valence-electron chi connectivity index (χ4n) is 2.01. The Morgan fingerprint density at radius 1 is 1.37 bits per heavy atom. The quantitative estimate of drug-likeness (QED) is 0.918. The van der Waals surface area contributed by atoms with Crippen LogP contribution in [0.3, 0.4) is 0 Å². The molecule has 0 aliphatic heterocycles. The molecule has 0 aliphatic carbocycles. The van der Waals surface area contributed by atoms with Gasteiger partial charge in [0.05, 0.1) is 18.1 Å². The Morgan fingerprint density at radius 2 is 2.05 bits per heavy atom. The van der Waals surface area contributed by atoms with Crippen LogP contribution in [0.4, 0.5) is 5.95 Å². The van der Waals surface area contributed by atoms with Crippen molar-refractivity contribution in [2.24, 2.45) is 11.3 Å². The predicted molar refractivity (Wildman–Crippen MR) is 79.3 cm³/mol. The minimum Gasteiger partial charge on any atom is -0.497 e. The van der Waals surface area contributed by atoms with Crippen molar-refractivity contribution in [2.45, 2.75) is 34.2 Å². The van der Waals surface area contributed by atoms with Crippen molar-refractivity contribution >= 4 is 17.0 Å². The number of imidazole rings is 1. The van der Waals surface area contributed by atoms with Crippen LogP contribution in [0.1, 0.15) is 27.7 Å². The van der Waals surface area contributed by atoms with E-state index in [1.165, 1.54) is 0 Å². The van der Waals surface area contributed by atoms with Crippen LogP contribution in [0.5, 0.6) is 5.75 Å². The van der Waals surface area contributed by atoms with E-state index < -0.39 is 0 Å². The molecule has 0 bridgehead atoms. The highest BCUT2D eigenvalue weighted by Gasteiger charge is 2.25. The molecule has 0 amide bonds. The smallest absolute Gasteiger partial charge is 0.201 e. The Morgan fingerprint density at radius 3 is 2.63 bits per heavy atom. The van der Waals surface area contributed by atoms with Gasteiger partial charge in [0.25, 0.3) is 0 Å². The maximum Gasteiger partial charge on any atom is 0.201 e. The van der Waals surface area contributed by atoms with Crippen LogP contribution >= 0.6 is 0 Å². The Hall–Kier alpha value is -1.71. The summed E-state index contributed by atoms with van der Waals surface area (Å²) in [6.45, 7) is 9.84. The normalized spacial score (nSPS) is 12.3. The lowest BCUT2D eigenvalue weighted by atomic mass is 9.81. The number of fused-ring (bicyclic) bond motifs is 1. The molecule has 2 aromatic rings. The van der Waals surface area contributed by atoms with Crippen LogP contribution in [-0.2, 0) is 6.54 Å². The first-order valence-electron chi connectivity index (χ1n) is 6.65. The zero-order chi connectivity index (χ0) is 14.2. The standard InChI is InChI=1S/C15H23N3O/c1-10(2)15(3,4)9-18-13-7-6-11(19-5)8-12(13)17-14(18)16/h6-8,10H,9H2,1-5H3,(H2,16,17). The van der Waals surface area contributed by atoms with Gasteiger partial charge in [-0.05, 0) is 23.5 Å². The molecular formula is C15H23N3O. The third kappa shape index (κ3) is 2.53. The number of aromatic nitrogens is 2. The third-order valence-electron chi connectivity index (χ3n) is 4.11. The first-order valence-corrected chi connectivity index (χ1v) is 6.65. The van der Waals surface area contributed by atoms with E-state index in [0.29, 0.717) is 11.9 Å². The molecule has 104 valence electrons. The highest BCUT2D eigenvalue weighted by molar-refractivity contribution is 5.79. The molecule has 0 fully saturated rings. The highest BCUT2D eigenvalue weighted by Crippen LogP contribution is 2.32. The first kappa shape index (κ1) is 13.7. The van der Waals surface area contributed by atoms with Gasteiger partial charge in [-0.3, -0.25) is 0 Å². The minimum atomic E-state index is 0.168. The van der Waals surface area contributed by atoms with E-state index in [2.05, 4.69) is 37.2 Å². The summed E-state index contributed by atoms with van der Waals surface area (Å²) in [5, 5.41) is 0. The first-order chi connectivity index (χ1) is 8.85. The summed E-state index contributed by atoms with van der Waals surface area (Å²) in [6.07, 6.45) is 0. The van der Waals surface area contributed by atoms with E-state index in [1.54, 1.807) is 7.11 Å². The number of hydrogen-bond acceptors (Lipinski definition) is 3. The number of rotatable bonds is 4. The van der Waals surface area contributed by atoms with E-state index in [9.17, 15) is 0 Å². The number of nitrogens with two attached hydrogens (primary N) is 1. The summed E-state index contributed by atoms with van der Waals surface area (Å²) in [7, 11) is 1.66. The minimum absolute atomic E-state index is 0.168. The van der Waals surface area contributed by atoms with Gasteiger partial charge in [0, 0.05) is 12.6 Å². The van der Waals surface area contributed by atoms with E-state index in [4.69, 9.17) is 10.5 Å². The van der Waals surface area contributed by atoms with Crippen molar-refractivity contribution in [2.75, 3.05) is 12.8 Å². The highest BCUT2D eigenvalue weighted by atomic mass is 16.5. The largest absolute Gasteiger partial charge is 0.497 e. The van der Waals surface area contributed by atoms with Crippen molar-refractivity contribution in [1.29, 1.82) is 0 Å². The average molecular weight is 261 g/mol. The monoisotopic (exact) mass is 261 g/mol. The third-order valence-corrected chi connectivity index (χ3v) is 4.11. The molecule has 1 aromatic heterocycles. The van der Waals surface area contributed by atoms with Crippen LogP contribution in [0.2, 0.25) is 0 Å². The van der Waals surface area contributed by atoms with E-state index in [-0.39, 0.29) is 5.41 Å². The van der Waals surface area contributed by atoms with E-state index in [0.717, 1.165) is 23.3 Å². The summed E-state index contributed by atoms with van der Waals surface area (Å²) in [6, 6.07) is 5.89. The Bertz CT molecular complexity index is 584. The lowest BCUT2D eigenvalue weighted by molar-refractivity contribution is 0.214. The number of anilines is 1. The second-order valence-electron chi connectivity index (χ2n) is 6.05. The summed E-state index contributed by atoms with van der Waals surface area (Å²) in [5.41, 5.74) is 8.18. The van der Waals surface area contributed by atoms with E-state index in [1.807, 2.05) is 18.2 Å². The summed E-state index contributed by atoms with van der Waals surface area (Å²) >= 11 is 0. The van der Waals surface area contributed by atoms with E-state index >= 15 is 0 Å². The van der Waals surface area contributed by atoms with Crippen molar-refractivity contribution in [3.8, 4) is 5.75 Å². The molecule has 2 rings (SSSR count). The number of hydrogen-bond donors (Lipinski definition) is 1. The van der Waals surface area contributed by atoms with Gasteiger partial charge >= 0.3 is 0 Å². The predicted octanol–water partition coefficient (Wildman–Crippen LogP) is 3.31. The lowest BCUT2D eigenvalue weighted by Crippen LogP contribution is -2.26.